The highest BCUT2D eigenvalue weighted by atomic mass is 35.5. The van der Waals surface area contributed by atoms with Crippen molar-refractivity contribution < 1.29 is 9.18 Å². The number of carbonyl (C=O) groups is 1. The third-order valence-electron chi connectivity index (χ3n) is 5.59. The molecule has 1 aliphatic carbocycles. The van der Waals surface area contributed by atoms with Gasteiger partial charge in [-0.3, -0.25) is 10.2 Å². The van der Waals surface area contributed by atoms with Gasteiger partial charge in [0.1, 0.15) is 18.0 Å². The number of benzene rings is 1. The molecule has 2 amide bonds. The number of carbonyl (C=O) groups excluding carboxylic acids is 1. The Morgan fingerprint density at radius 2 is 1.72 bits per heavy atom. The van der Waals surface area contributed by atoms with Gasteiger partial charge in [0, 0.05) is 18.3 Å². The van der Waals surface area contributed by atoms with E-state index in [1.807, 2.05) is 4.90 Å². The van der Waals surface area contributed by atoms with E-state index in [1.165, 1.54) is 25.7 Å². The zero-order chi connectivity index (χ0) is 20.8. The first-order valence-corrected chi connectivity index (χ1v) is 11.5. The Hall–Kier alpha value is -0.790. The second-order valence-electron chi connectivity index (χ2n) is 7.76. The first-order valence-electron chi connectivity index (χ1n) is 10.3. The van der Waals surface area contributed by atoms with E-state index >= 15 is 0 Å². The van der Waals surface area contributed by atoms with Gasteiger partial charge in [-0.15, -0.1) is 11.6 Å². The summed E-state index contributed by atoms with van der Waals surface area (Å²) in [6.07, 6.45) is 7.40. The lowest BCUT2D eigenvalue weighted by molar-refractivity contribution is 0.0106. The van der Waals surface area contributed by atoms with E-state index in [4.69, 9.17) is 34.8 Å². The number of hydrogen-bond donors (Lipinski definition) is 3. The predicted octanol–water partition coefficient (Wildman–Crippen LogP) is 5.71. The molecule has 2 fully saturated rings. The summed E-state index contributed by atoms with van der Waals surface area (Å²) in [6.45, 7) is 0.198. The molecule has 0 spiro atoms. The fraction of sp³-hybridized carbons (Fsp3) is 0.650. The van der Waals surface area contributed by atoms with Crippen LogP contribution in [0.15, 0.2) is 18.2 Å². The van der Waals surface area contributed by atoms with E-state index in [1.54, 1.807) is 18.2 Å². The number of anilines is 1. The van der Waals surface area contributed by atoms with Gasteiger partial charge in [0.25, 0.3) is 0 Å². The Morgan fingerprint density at radius 3 is 2.38 bits per heavy atom. The molecule has 162 valence electrons. The predicted molar refractivity (Wildman–Crippen MR) is 118 cm³/mol. The SMILES string of the molecule is O=C(Nc1ccc(Cl)c(Cl)c1)NC1NC(Cl)C(F)CN1C1CCCCCCCC1. The number of amides is 2. The van der Waals surface area contributed by atoms with Crippen molar-refractivity contribution in [3.05, 3.63) is 28.2 Å². The number of alkyl halides is 2. The average Bonchev–Trinajstić information content (AvgIpc) is 2.81. The Balaban J connectivity index is 1.67. The van der Waals surface area contributed by atoms with Gasteiger partial charge in [-0.1, -0.05) is 61.7 Å². The van der Waals surface area contributed by atoms with Gasteiger partial charge in [-0.2, -0.15) is 0 Å². The van der Waals surface area contributed by atoms with Crippen LogP contribution in [0.3, 0.4) is 0 Å². The number of urea groups is 1. The maximum absolute atomic E-state index is 14.4. The van der Waals surface area contributed by atoms with Gasteiger partial charge >= 0.3 is 6.03 Å². The molecule has 3 N–H and O–H groups in total. The quantitative estimate of drug-likeness (QED) is 0.396. The Bertz CT molecular complexity index is 686. The highest BCUT2D eigenvalue weighted by molar-refractivity contribution is 6.42. The molecule has 1 aromatic rings. The summed E-state index contributed by atoms with van der Waals surface area (Å²) in [7, 11) is 0. The van der Waals surface area contributed by atoms with Gasteiger partial charge in [-0.05, 0) is 31.0 Å². The van der Waals surface area contributed by atoms with Crippen LogP contribution in [0.5, 0.6) is 0 Å². The van der Waals surface area contributed by atoms with Crippen LogP contribution in [-0.2, 0) is 0 Å². The van der Waals surface area contributed by atoms with Crippen LogP contribution < -0.4 is 16.0 Å². The topological polar surface area (TPSA) is 56.4 Å². The minimum Gasteiger partial charge on any atom is -0.309 e. The molecule has 1 heterocycles. The van der Waals surface area contributed by atoms with Crippen LogP contribution in [0.2, 0.25) is 10.0 Å². The number of halogens is 4. The molecule has 3 rings (SSSR count). The molecule has 2 aliphatic rings. The molecule has 1 aromatic carbocycles. The summed E-state index contributed by atoms with van der Waals surface area (Å²) in [5, 5.41) is 9.40. The molecule has 9 heteroatoms. The summed E-state index contributed by atoms with van der Waals surface area (Å²) < 4.78 is 14.4. The molecule has 29 heavy (non-hydrogen) atoms. The van der Waals surface area contributed by atoms with Crippen molar-refractivity contribution in [3.8, 4) is 0 Å². The first-order chi connectivity index (χ1) is 13.9. The average molecular weight is 466 g/mol. The molecule has 1 aliphatic heterocycles. The third kappa shape index (κ3) is 6.59. The standard InChI is InChI=1S/C20H28Cl3FN4O/c21-15-10-9-13(11-16(15)22)25-20(29)27-19-26-18(23)17(24)12-28(19)14-7-5-3-1-2-4-6-8-14/h9-11,14,17-19,26H,1-8,12H2,(H2,25,27,29). The van der Waals surface area contributed by atoms with Crippen LogP contribution in [0.25, 0.3) is 0 Å². The zero-order valence-electron chi connectivity index (χ0n) is 16.3. The van der Waals surface area contributed by atoms with Gasteiger partial charge < -0.3 is 10.6 Å². The molecule has 1 saturated carbocycles. The Labute approximate surface area is 186 Å². The first kappa shape index (κ1) is 22.9. The van der Waals surface area contributed by atoms with E-state index in [0.717, 1.165) is 25.7 Å². The number of nitrogens with zero attached hydrogens (tertiary/aromatic N) is 1. The molecule has 0 bridgehead atoms. The summed E-state index contributed by atoms with van der Waals surface area (Å²) in [5.74, 6) is 0. The normalized spacial score (nSPS) is 27.5. The van der Waals surface area contributed by atoms with E-state index in [9.17, 15) is 9.18 Å². The van der Waals surface area contributed by atoms with Gasteiger partial charge in [-0.25, -0.2) is 9.18 Å². The van der Waals surface area contributed by atoms with Crippen molar-refractivity contribution in [2.24, 2.45) is 0 Å². The minimum atomic E-state index is -1.19. The molecular weight excluding hydrogens is 438 g/mol. The highest BCUT2D eigenvalue weighted by Gasteiger charge is 2.38. The van der Waals surface area contributed by atoms with E-state index in [0.29, 0.717) is 15.7 Å². The zero-order valence-corrected chi connectivity index (χ0v) is 18.5. The summed E-state index contributed by atoms with van der Waals surface area (Å²) in [4.78, 5) is 14.6. The van der Waals surface area contributed by atoms with Gasteiger partial charge in [0.2, 0.25) is 0 Å². The van der Waals surface area contributed by atoms with Gasteiger partial charge in [0.05, 0.1) is 10.0 Å². The monoisotopic (exact) mass is 464 g/mol. The molecular formula is C20H28Cl3FN4O. The summed E-state index contributed by atoms with van der Waals surface area (Å²) >= 11 is 18.0. The molecule has 5 nitrogen and oxygen atoms in total. The lowest BCUT2D eigenvalue weighted by Gasteiger charge is -2.44. The van der Waals surface area contributed by atoms with Crippen LogP contribution in [-0.4, -0.2) is 41.5 Å². The summed E-state index contributed by atoms with van der Waals surface area (Å²) in [5.41, 5.74) is -0.328. The summed E-state index contributed by atoms with van der Waals surface area (Å²) in [6, 6.07) is 4.65. The van der Waals surface area contributed by atoms with E-state index < -0.39 is 24.0 Å². The Kier molecular flexibility index (Phi) is 8.69. The fourth-order valence-corrected chi connectivity index (χ4v) is 4.54. The highest BCUT2D eigenvalue weighted by Crippen LogP contribution is 2.27. The van der Waals surface area contributed by atoms with Crippen LogP contribution in [0.4, 0.5) is 14.9 Å². The molecule has 3 atom stereocenters. The third-order valence-corrected chi connectivity index (χ3v) is 6.73. The number of nitrogens with one attached hydrogen (secondary N) is 3. The molecule has 0 aromatic heterocycles. The molecule has 1 saturated heterocycles. The molecule has 3 unspecified atom stereocenters. The lowest BCUT2D eigenvalue weighted by atomic mass is 10.0. The van der Waals surface area contributed by atoms with Crippen LogP contribution in [0, 0.1) is 0 Å². The van der Waals surface area contributed by atoms with Crippen LogP contribution >= 0.6 is 34.8 Å². The van der Waals surface area contributed by atoms with Crippen molar-refractivity contribution in [1.29, 1.82) is 0 Å². The van der Waals surface area contributed by atoms with Crippen molar-refractivity contribution in [2.45, 2.75) is 75.4 Å². The van der Waals surface area contributed by atoms with Crippen LogP contribution in [0.1, 0.15) is 51.4 Å². The van der Waals surface area contributed by atoms with E-state index in [2.05, 4.69) is 16.0 Å². The van der Waals surface area contributed by atoms with Crippen molar-refractivity contribution >= 4 is 46.5 Å². The lowest BCUT2D eigenvalue weighted by Crippen LogP contribution is -2.68. The molecule has 0 radical (unpaired) electrons. The number of rotatable bonds is 3. The maximum atomic E-state index is 14.4. The van der Waals surface area contributed by atoms with Crippen molar-refractivity contribution in [1.82, 2.24) is 15.5 Å². The minimum absolute atomic E-state index is 0.198. The van der Waals surface area contributed by atoms with Crippen molar-refractivity contribution in [3.63, 3.8) is 0 Å². The largest absolute Gasteiger partial charge is 0.321 e. The maximum Gasteiger partial charge on any atom is 0.321 e. The second-order valence-corrected chi connectivity index (χ2v) is 9.05. The van der Waals surface area contributed by atoms with Gasteiger partial charge in [0.15, 0.2) is 0 Å². The van der Waals surface area contributed by atoms with Crippen molar-refractivity contribution in [2.75, 3.05) is 11.9 Å². The second kappa shape index (κ2) is 11.0. The fourth-order valence-electron chi connectivity index (χ4n) is 4.04. The number of hydrogen-bond acceptors (Lipinski definition) is 3. The van der Waals surface area contributed by atoms with E-state index in [-0.39, 0.29) is 12.6 Å². The smallest absolute Gasteiger partial charge is 0.309 e. The Morgan fingerprint density at radius 1 is 1.07 bits per heavy atom.